The zero-order valence-corrected chi connectivity index (χ0v) is 10.4. The van der Waals surface area contributed by atoms with Crippen LogP contribution in [0.3, 0.4) is 0 Å². The minimum atomic E-state index is -4.63. The van der Waals surface area contributed by atoms with Crippen molar-refractivity contribution in [3.63, 3.8) is 0 Å². The van der Waals surface area contributed by atoms with Gasteiger partial charge in [-0.05, 0) is 18.2 Å². The fourth-order valence-electron chi connectivity index (χ4n) is 1.91. The van der Waals surface area contributed by atoms with Crippen molar-refractivity contribution in [3.05, 3.63) is 29.3 Å². The molecule has 0 bridgehead atoms. The molecule has 1 fully saturated rings. The van der Waals surface area contributed by atoms with Crippen molar-refractivity contribution in [2.24, 2.45) is 10.9 Å². The lowest BCUT2D eigenvalue weighted by Gasteiger charge is -2.16. The van der Waals surface area contributed by atoms with Crippen LogP contribution in [0.25, 0.3) is 0 Å². The molecule has 0 amide bonds. The number of benzene rings is 1. The van der Waals surface area contributed by atoms with Gasteiger partial charge in [0.25, 0.3) is 0 Å². The van der Waals surface area contributed by atoms with E-state index < -0.39 is 23.1 Å². The Labute approximate surface area is 112 Å². The summed E-state index contributed by atoms with van der Waals surface area (Å²) in [5.41, 5.74) is 3.84. The maximum Gasteiger partial charge on any atom is 0.417 e. The predicted octanol–water partition coefficient (Wildman–Crippen LogP) is 1.97. The van der Waals surface area contributed by atoms with E-state index in [1.54, 1.807) is 0 Å². The molecule has 1 aromatic carbocycles. The molecular formula is C12H13F3N2O3. The molecular weight excluding hydrogens is 277 g/mol. The van der Waals surface area contributed by atoms with E-state index in [1.807, 2.05) is 0 Å². The molecule has 20 heavy (non-hydrogen) atoms. The average molecular weight is 290 g/mol. The van der Waals surface area contributed by atoms with E-state index >= 15 is 0 Å². The van der Waals surface area contributed by atoms with Gasteiger partial charge in [-0.3, -0.25) is 0 Å². The van der Waals surface area contributed by atoms with Gasteiger partial charge in [0, 0.05) is 12.0 Å². The highest BCUT2D eigenvalue weighted by Crippen LogP contribution is 2.34. The summed E-state index contributed by atoms with van der Waals surface area (Å²) in [6, 6.07) is 3.30. The van der Waals surface area contributed by atoms with Gasteiger partial charge in [0.05, 0.1) is 18.8 Å². The third kappa shape index (κ3) is 3.13. The molecule has 1 aliphatic heterocycles. The number of oxime groups is 1. The summed E-state index contributed by atoms with van der Waals surface area (Å²) < 4.78 is 49.4. The quantitative estimate of drug-likeness (QED) is 0.386. The summed E-state index contributed by atoms with van der Waals surface area (Å²) in [5, 5.41) is 11.1. The van der Waals surface area contributed by atoms with E-state index in [4.69, 9.17) is 20.4 Å². The van der Waals surface area contributed by atoms with E-state index in [0.717, 1.165) is 12.1 Å². The van der Waals surface area contributed by atoms with Crippen molar-refractivity contribution in [1.29, 1.82) is 0 Å². The molecule has 3 N–H and O–H groups in total. The lowest BCUT2D eigenvalue weighted by molar-refractivity contribution is -0.137. The highest BCUT2D eigenvalue weighted by molar-refractivity contribution is 5.98. The monoisotopic (exact) mass is 290 g/mol. The second kappa shape index (κ2) is 5.58. The number of hydrogen-bond donors (Lipinski definition) is 2. The average Bonchev–Trinajstić information content (AvgIpc) is 2.89. The lowest BCUT2D eigenvalue weighted by atomic mass is 10.1. The fraction of sp³-hybridized carbons (Fsp3) is 0.417. The zero-order valence-electron chi connectivity index (χ0n) is 10.4. The molecule has 1 aromatic rings. The van der Waals surface area contributed by atoms with Gasteiger partial charge in [-0.15, -0.1) is 0 Å². The van der Waals surface area contributed by atoms with Crippen molar-refractivity contribution >= 4 is 5.84 Å². The van der Waals surface area contributed by atoms with Crippen LogP contribution in [-0.4, -0.2) is 30.4 Å². The van der Waals surface area contributed by atoms with Gasteiger partial charge in [0.15, 0.2) is 5.84 Å². The first kappa shape index (κ1) is 14.4. The van der Waals surface area contributed by atoms with Crippen LogP contribution >= 0.6 is 0 Å². The van der Waals surface area contributed by atoms with Crippen LogP contribution in [0, 0.1) is 0 Å². The van der Waals surface area contributed by atoms with Crippen LogP contribution in [-0.2, 0) is 10.9 Å². The van der Waals surface area contributed by atoms with Crippen molar-refractivity contribution in [2.45, 2.75) is 18.7 Å². The van der Waals surface area contributed by atoms with Gasteiger partial charge in [0.2, 0.25) is 0 Å². The molecule has 1 saturated heterocycles. The molecule has 1 aliphatic rings. The molecule has 1 atom stereocenters. The first-order valence-electron chi connectivity index (χ1n) is 5.85. The van der Waals surface area contributed by atoms with Crippen LogP contribution in [0.1, 0.15) is 17.5 Å². The predicted molar refractivity (Wildman–Crippen MR) is 63.8 cm³/mol. The molecule has 0 aromatic heterocycles. The number of amidine groups is 1. The Kier molecular flexibility index (Phi) is 4.03. The molecule has 1 unspecified atom stereocenters. The Morgan fingerprint density at radius 1 is 1.45 bits per heavy atom. The van der Waals surface area contributed by atoms with Crippen LogP contribution in [0.5, 0.6) is 5.75 Å². The number of rotatable bonds is 3. The Morgan fingerprint density at radius 3 is 2.75 bits per heavy atom. The SMILES string of the molecule is NC(=NO)c1ccc(OC2CCOC2)cc1C(F)(F)F. The summed E-state index contributed by atoms with van der Waals surface area (Å²) >= 11 is 0. The maximum atomic E-state index is 13.0. The standard InChI is InChI=1S/C12H13F3N2O3/c13-12(14,15)10-5-7(20-8-3-4-19-6-8)1-2-9(10)11(16)17-18/h1-2,5,8,18H,3-4,6H2,(H2,16,17). The smallest absolute Gasteiger partial charge is 0.417 e. The van der Waals surface area contributed by atoms with Crippen LogP contribution in [0.15, 0.2) is 23.4 Å². The molecule has 110 valence electrons. The number of nitrogens with zero attached hydrogens (tertiary/aromatic N) is 1. The first-order chi connectivity index (χ1) is 9.41. The molecule has 0 saturated carbocycles. The molecule has 0 radical (unpaired) electrons. The summed E-state index contributed by atoms with van der Waals surface area (Å²) in [4.78, 5) is 0. The normalized spacial score (nSPS) is 20.1. The number of hydrogen-bond acceptors (Lipinski definition) is 4. The minimum Gasteiger partial charge on any atom is -0.488 e. The first-order valence-corrected chi connectivity index (χ1v) is 5.85. The van der Waals surface area contributed by atoms with Crippen molar-refractivity contribution < 1.29 is 27.9 Å². The van der Waals surface area contributed by atoms with Crippen molar-refractivity contribution in [1.82, 2.24) is 0 Å². The van der Waals surface area contributed by atoms with Crippen LogP contribution in [0.2, 0.25) is 0 Å². The highest BCUT2D eigenvalue weighted by atomic mass is 19.4. The van der Waals surface area contributed by atoms with E-state index in [2.05, 4.69) is 5.16 Å². The largest absolute Gasteiger partial charge is 0.488 e. The molecule has 0 spiro atoms. The number of nitrogens with two attached hydrogens (primary N) is 1. The van der Waals surface area contributed by atoms with Gasteiger partial charge < -0.3 is 20.4 Å². The Hall–Kier alpha value is -1.96. The van der Waals surface area contributed by atoms with E-state index in [9.17, 15) is 13.2 Å². The van der Waals surface area contributed by atoms with Crippen molar-refractivity contribution in [2.75, 3.05) is 13.2 Å². The Bertz CT molecular complexity index is 511. The van der Waals surface area contributed by atoms with Crippen molar-refractivity contribution in [3.8, 4) is 5.75 Å². The summed E-state index contributed by atoms with van der Waals surface area (Å²) in [6.07, 6.45) is -4.26. The number of ether oxygens (including phenoxy) is 2. The van der Waals surface area contributed by atoms with Gasteiger partial charge >= 0.3 is 6.18 Å². The third-order valence-electron chi connectivity index (χ3n) is 2.87. The Morgan fingerprint density at radius 2 is 2.20 bits per heavy atom. The number of halogens is 3. The van der Waals surface area contributed by atoms with Gasteiger partial charge in [-0.1, -0.05) is 5.16 Å². The lowest BCUT2D eigenvalue weighted by Crippen LogP contribution is -2.21. The Balaban J connectivity index is 2.33. The van der Waals surface area contributed by atoms with E-state index in [1.165, 1.54) is 6.07 Å². The zero-order chi connectivity index (χ0) is 14.8. The van der Waals surface area contributed by atoms with Gasteiger partial charge in [-0.25, -0.2) is 0 Å². The second-order valence-electron chi connectivity index (χ2n) is 4.29. The molecule has 0 aliphatic carbocycles. The number of alkyl halides is 3. The van der Waals surface area contributed by atoms with E-state index in [0.29, 0.717) is 19.6 Å². The van der Waals surface area contributed by atoms with Crippen LogP contribution in [0.4, 0.5) is 13.2 Å². The maximum absolute atomic E-state index is 13.0. The minimum absolute atomic E-state index is 0.0716. The topological polar surface area (TPSA) is 77.1 Å². The molecule has 1 heterocycles. The second-order valence-corrected chi connectivity index (χ2v) is 4.29. The fourth-order valence-corrected chi connectivity index (χ4v) is 1.91. The van der Waals surface area contributed by atoms with Gasteiger partial charge in [0.1, 0.15) is 11.9 Å². The third-order valence-corrected chi connectivity index (χ3v) is 2.87. The van der Waals surface area contributed by atoms with E-state index in [-0.39, 0.29) is 11.9 Å². The molecule has 2 rings (SSSR count). The summed E-state index contributed by atoms with van der Waals surface area (Å²) in [5.74, 6) is -0.532. The highest BCUT2D eigenvalue weighted by Gasteiger charge is 2.35. The summed E-state index contributed by atoms with van der Waals surface area (Å²) in [7, 11) is 0. The van der Waals surface area contributed by atoms with Crippen LogP contribution < -0.4 is 10.5 Å². The van der Waals surface area contributed by atoms with Gasteiger partial charge in [-0.2, -0.15) is 13.2 Å². The summed E-state index contributed by atoms with van der Waals surface area (Å²) in [6.45, 7) is 0.877. The molecule has 5 nitrogen and oxygen atoms in total. The molecule has 8 heteroatoms.